The summed E-state index contributed by atoms with van der Waals surface area (Å²) in [6, 6.07) is 0. The third-order valence-corrected chi connectivity index (χ3v) is 4.05. The number of alkyl halides is 1. The molecule has 1 heterocycles. The third kappa shape index (κ3) is 7.43. The number of hydrogen-bond donors (Lipinski definition) is 0. The van der Waals surface area contributed by atoms with Crippen molar-refractivity contribution in [2.24, 2.45) is 0 Å². The summed E-state index contributed by atoms with van der Waals surface area (Å²) in [6.07, 6.45) is 8.50. The highest BCUT2D eigenvalue weighted by Gasteiger charge is 2.15. The zero-order valence-corrected chi connectivity index (χ0v) is 13.1. The van der Waals surface area contributed by atoms with Crippen molar-refractivity contribution in [2.75, 3.05) is 44.6 Å². The Kier molecular flexibility index (Phi) is 9.40. The summed E-state index contributed by atoms with van der Waals surface area (Å²) >= 11 is 3.52. The van der Waals surface area contributed by atoms with Crippen LogP contribution in [0.3, 0.4) is 0 Å². The van der Waals surface area contributed by atoms with Crippen LogP contribution in [0.5, 0.6) is 0 Å². The van der Waals surface area contributed by atoms with Gasteiger partial charge in [-0.05, 0) is 13.0 Å². The highest BCUT2D eigenvalue weighted by Crippen LogP contribution is 2.08. The van der Waals surface area contributed by atoms with Crippen LogP contribution in [-0.4, -0.2) is 54.4 Å². The number of rotatable bonds is 9. The van der Waals surface area contributed by atoms with Gasteiger partial charge in [0.15, 0.2) is 0 Å². The zero-order valence-electron chi connectivity index (χ0n) is 11.5. The molecular weight excluding hydrogens is 276 g/mol. The van der Waals surface area contributed by atoms with Crippen molar-refractivity contribution in [1.82, 2.24) is 9.80 Å². The summed E-state index contributed by atoms with van der Waals surface area (Å²) < 4.78 is 0. The van der Waals surface area contributed by atoms with Crippen LogP contribution in [-0.2, 0) is 0 Å². The monoisotopic (exact) mass is 304 g/mol. The SMILES string of the molecule is CCCCCCCCN1CCN(CCBr)CC1. The van der Waals surface area contributed by atoms with Crippen molar-refractivity contribution in [2.45, 2.75) is 45.4 Å². The van der Waals surface area contributed by atoms with Crippen LogP contribution in [0.25, 0.3) is 0 Å². The fourth-order valence-electron chi connectivity index (χ4n) is 2.47. The standard InChI is InChI=1S/C14H29BrN2/c1-2-3-4-5-6-7-9-16-11-13-17(10-8-15)14-12-16/h2-14H2,1H3. The van der Waals surface area contributed by atoms with E-state index in [-0.39, 0.29) is 0 Å². The normalized spacial score (nSPS) is 18.7. The first-order chi connectivity index (χ1) is 8.36. The van der Waals surface area contributed by atoms with Crippen LogP contribution in [0.1, 0.15) is 45.4 Å². The van der Waals surface area contributed by atoms with E-state index < -0.39 is 0 Å². The van der Waals surface area contributed by atoms with Gasteiger partial charge in [-0.1, -0.05) is 55.0 Å². The maximum Gasteiger partial charge on any atom is 0.0159 e. The van der Waals surface area contributed by atoms with Gasteiger partial charge in [0.25, 0.3) is 0 Å². The highest BCUT2D eigenvalue weighted by atomic mass is 79.9. The molecule has 0 spiro atoms. The molecule has 0 bridgehead atoms. The summed E-state index contributed by atoms with van der Waals surface area (Å²) in [5, 5.41) is 1.12. The average Bonchev–Trinajstić information content (AvgIpc) is 2.36. The maximum atomic E-state index is 3.52. The molecule has 1 fully saturated rings. The molecule has 1 aliphatic heterocycles. The Morgan fingerprint density at radius 2 is 1.29 bits per heavy atom. The summed E-state index contributed by atoms with van der Waals surface area (Å²) in [6.45, 7) is 9.92. The topological polar surface area (TPSA) is 6.48 Å². The molecule has 3 heteroatoms. The van der Waals surface area contributed by atoms with Gasteiger partial charge < -0.3 is 4.90 Å². The minimum absolute atomic E-state index is 1.12. The van der Waals surface area contributed by atoms with Gasteiger partial charge in [-0.2, -0.15) is 0 Å². The number of piperazine rings is 1. The fraction of sp³-hybridized carbons (Fsp3) is 1.00. The van der Waals surface area contributed by atoms with E-state index in [0.717, 1.165) is 5.33 Å². The summed E-state index contributed by atoms with van der Waals surface area (Å²) in [4.78, 5) is 5.21. The second-order valence-electron chi connectivity index (χ2n) is 5.14. The van der Waals surface area contributed by atoms with Crippen LogP contribution in [0.15, 0.2) is 0 Å². The highest BCUT2D eigenvalue weighted by molar-refractivity contribution is 9.09. The molecule has 102 valence electrons. The van der Waals surface area contributed by atoms with Gasteiger partial charge in [-0.3, -0.25) is 4.90 Å². The van der Waals surface area contributed by atoms with Crippen LogP contribution in [0, 0.1) is 0 Å². The van der Waals surface area contributed by atoms with Gasteiger partial charge in [-0.25, -0.2) is 0 Å². The van der Waals surface area contributed by atoms with Gasteiger partial charge in [-0.15, -0.1) is 0 Å². The third-order valence-electron chi connectivity index (χ3n) is 3.69. The van der Waals surface area contributed by atoms with E-state index in [1.54, 1.807) is 0 Å². The van der Waals surface area contributed by atoms with Crippen molar-refractivity contribution < 1.29 is 0 Å². The number of hydrogen-bond acceptors (Lipinski definition) is 2. The number of unbranched alkanes of at least 4 members (excludes halogenated alkanes) is 5. The second kappa shape index (κ2) is 10.3. The molecule has 0 atom stereocenters. The molecule has 1 aliphatic rings. The van der Waals surface area contributed by atoms with Crippen molar-refractivity contribution in [1.29, 1.82) is 0 Å². The fourth-order valence-corrected chi connectivity index (χ4v) is 2.97. The largest absolute Gasteiger partial charge is 0.301 e. The quantitative estimate of drug-likeness (QED) is 0.476. The summed E-state index contributed by atoms with van der Waals surface area (Å²) in [5.74, 6) is 0. The molecule has 0 amide bonds. The lowest BCUT2D eigenvalue weighted by atomic mass is 10.1. The molecule has 17 heavy (non-hydrogen) atoms. The lowest BCUT2D eigenvalue weighted by Gasteiger charge is -2.34. The minimum Gasteiger partial charge on any atom is -0.301 e. The Balaban J connectivity index is 1.91. The molecular formula is C14H29BrN2. The predicted molar refractivity (Wildman–Crippen MR) is 80.1 cm³/mol. The Morgan fingerprint density at radius 1 is 0.765 bits per heavy atom. The lowest BCUT2D eigenvalue weighted by molar-refractivity contribution is 0.136. The molecule has 2 nitrogen and oxygen atoms in total. The maximum absolute atomic E-state index is 3.52. The first-order valence-corrected chi connectivity index (χ1v) is 8.49. The van der Waals surface area contributed by atoms with Gasteiger partial charge in [0.05, 0.1) is 0 Å². The smallest absolute Gasteiger partial charge is 0.0159 e. The van der Waals surface area contributed by atoms with Gasteiger partial charge >= 0.3 is 0 Å². The summed E-state index contributed by atoms with van der Waals surface area (Å²) in [7, 11) is 0. The first-order valence-electron chi connectivity index (χ1n) is 7.37. The van der Waals surface area contributed by atoms with Crippen molar-refractivity contribution in [3.8, 4) is 0 Å². The van der Waals surface area contributed by atoms with E-state index in [1.807, 2.05) is 0 Å². The van der Waals surface area contributed by atoms with Crippen LogP contribution >= 0.6 is 15.9 Å². The minimum atomic E-state index is 1.12. The molecule has 0 saturated carbocycles. The van der Waals surface area contributed by atoms with Crippen molar-refractivity contribution in [3.05, 3.63) is 0 Å². The number of nitrogens with zero attached hydrogens (tertiary/aromatic N) is 2. The van der Waals surface area contributed by atoms with E-state index in [9.17, 15) is 0 Å². The van der Waals surface area contributed by atoms with E-state index >= 15 is 0 Å². The lowest BCUT2D eigenvalue weighted by Crippen LogP contribution is -2.47. The first kappa shape index (κ1) is 15.5. The zero-order chi connectivity index (χ0) is 12.3. The van der Waals surface area contributed by atoms with Gasteiger partial charge in [0.2, 0.25) is 0 Å². The second-order valence-corrected chi connectivity index (χ2v) is 5.93. The van der Waals surface area contributed by atoms with E-state index in [4.69, 9.17) is 0 Å². The van der Waals surface area contributed by atoms with E-state index in [1.165, 1.54) is 77.8 Å². The molecule has 0 aromatic carbocycles. The van der Waals surface area contributed by atoms with Crippen LogP contribution < -0.4 is 0 Å². The Morgan fingerprint density at radius 3 is 1.88 bits per heavy atom. The van der Waals surface area contributed by atoms with Gasteiger partial charge in [0.1, 0.15) is 0 Å². The summed E-state index contributed by atoms with van der Waals surface area (Å²) in [5.41, 5.74) is 0. The molecule has 0 radical (unpaired) electrons. The van der Waals surface area contributed by atoms with Crippen molar-refractivity contribution >= 4 is 15.9 Å². The molecule has 0 aliphatic carbocycles. The average molecular weight is 305 g/mol. The predicted octanol–water partition coefficient (Wildman–Crippen LogP) is 3.36. The van der Waals surface area contributed by atoms with E-state index in [2.05, 4.69) is 32.7 Å². The molecule has 1 rings (SSSR count). The van der Waals surface area contributed by atoms with Crippen LogP contribution in [0.2, 0.25) is 0 Å². The Hall–Kier alpha value is 0.400. The van der Waals surface area contributed by atoms with Gasteiger partial charge in [0, 0.05) is 38.1 Å². The van der Waals surface area contributed by atoms with E-state index in [0.29, 0.717) is 0 Å². The number of halogens is 1. The molecule has 0 unspecified atom stereocenters. The molecule has 0 N–H and O–H groups in total. The Bertz CT molecular complexity index is 168. The Labute approximate surface area is 116 Å². The van der Waals surface area contributed by atoms with Crippen molar-refractivity contribution in [3.63, 3.8) is 0 Å². The van der Waals surface area contributed by atoms with Crippen LogP contribution in [0.4, 0.5) is 0 Å². The molecule has 1 saturated heterocycles. The molecule has 0 aromatic rings. The molecule has 0 aromatic heterocycles.